The van der Waals surface area contributed by atoms with Gasteiger partial charge in [-0.05, 0) is 33.1 Å². The number of carboxylic acid groups (broad SMARTS) is 1. The molecule has 0 heterocycles. The smallest absolute Gasteiger partial charge is 0.305 e. The van der Waals surface area contributed by atoms with E-state index in [1.807, 2.05) is 0 Å². The number of hydrogen-bond acceptors (Lipinski definition) is 11. The summed E-state index contributed by atoms with van der Waals surface area (Å²) in [5, 5.41) is 39.8. The Bertz CT molecular complexity index is 1120. The highest BCUT2D eigenvalue weighted by Crippen LogP contribution is 2.05. The van der Waals surface area contributed by atoms with Gasteiger partial charge in [0.1, 0.15) is 30.2 Å². The molecule has 0 aliphatic carbocycles. The maximum Gasteiger partial charge on any atom is 0.305 e. The molecule has 0 radical (unpaired) electrons. The molecule has 0 aromatic heterocycles. The highest BCUT2D eigenvalue weighted by molar-refractivity contribution is 5.97. The van der Waals surface area contributed by atoms with Gasteiger partial charge in [0, 0.05) is 13.0 Å². The monoisotopic (exact) mass is 645 g/mol. The summed E-state index contributed by atoms with van der Waals surface area (Å²) in [6.07, 6.45) is -1.72. The summed E-state index contributed by atoms with van der Waals surface area (Å²) in [7, 11) is 0. The lowest BCUT2D eigenvalue weighted by atomic mass is 10.1. The number of nitrogens with two attached hydrogens (primary N) is 4. The Morgan fingerprint density at radius 1 is 0.711 bits per heavy atom. The molecule has 0 saturated heterocycles. The van der Waals surface area contributed by atoms with Gasteiger partial charge < -0.3 is 65.0 Å². The Morgan fingerprint density at radius 3 is 1.64 bits per heavy atom. The number of primary amides is 2. The Labute approximate surface area is 257 Å². The zero-order valence-corrected chi connectivity index (χ0v) is 24.9. The van der Waals surface area contributed by atoms with Crippen molar-refractivity contribution in [1.29, 1.82) is 5.41 Å². The van der Waals surface area contributed by atoms with E-state index in [1.54, 1.807) is 0 Å². The number of nitrogens with one attached hydrogen (secondary N) is 7. The topological polar surface area (TPSA) is 377 Å². The van der Waals surface area contributed by atoms with Crippen LogP contribution in [0.1, 0.15) is 46.0 Å². The zero-order valence-electron chi connectivity index (χ0n) is 24.9. The van der Waals surface area contributed by atoms with E-state index in [4.69, 9.17) is 28.3 Å². The van der Waals surface area contributed by atoms with E-state index in [2.05, 4.69) is 31.9 Å². The molecule has 0 rings (SSSR count). The second-order valence-electron chi connectivity index (χ2n) is 9.93. The molecule has 0 aromatic carbocycles. The van der Waals surface area contributed by atoms with Gasteiger partial charge in [0.05, 0.1) is 19.1 Å². The van der Waals surface area contributed by atoms with E-state index in [0.29, 0.717) is 0 Å². The van der Waals surface area contributed by atoms with Gasteiger partial charge in [-0.2, -0.15) is 0 Å². The third-order valence-corrected chi connectivity index (χ3v) is 5.96. The normalized spacial score (nSPS) is 14.6. The minimum atomic E-state index is -1.81. The summed E-state index contributed by atoms with van der Waals surface area (Å²) in [4.78, 5) is 97.9. The van der Waals surface area contributed by atoms with Crippen LogP contribution in [-0.2, 0) is 38.4 Å². The lowest BCUT2D eigenvalue weighted by Crippen LogP contribution is -2.60. The number of amides is 7. The van der Waals surface area contributed by atoms with Crippen LogP contribution in [0.5, 0.6) is 0 Å². The average molecular weight is 646 g/mol. The molecule has 0 bridgehead atoms. The number of carboxylic acids is 1. The fraction of sp³-hybridized carbons (Fsp3) is 0.625. The van der Waals surface area contributed by atoms with Gasteiger partial charge in [-0.25, -0.2) is 0 Å². The van der Waals surface area contributed by atoms with Gasteiger partial charge in [0.25, 0.3) is 0 Å². The Balaban J connectivity index is 6.02. The minimum Gasteiger partial charge on any atom is -0.481 e. The van der Waals surface area contributed by atoms with E-state index in [-0.39, 0.29) is 38.2 Å². The third kappa shape index (κ3) is 16.4. The quantitative estimate of drug-likeness (QED) is 0.0314. The molecule has 254 valence electrons. The third-order valence-electron chi connectivity index (χ3n) is 5.96. The van der Waals surface area contributed by atoms with Gasteiger partial charge in [-0.1, -0.05) is 0 Å². The maximum atomic E-state index is 13.2. The molecule has 0 fully saturated rings. The van der Waals surface area contributed by atoms with Gasteiger partial charge in [-0.3, -0.25) is 43.8 Å². The number of aliphatic hydroxyl groups excluding tert-OH is 1. The predicted molar refractivity (Wildman–Crippen MR) is 155 cm³/mol. The number of aliphatic hydroxyl groups is 1. The van der Waals surface area contributed by atoms with Crippen molar-refractivity contribution in [3.05, 3.63) is 0 Å². The number of guanidine groups is 1. The molecule has 0 aliphatic heterocycles. The van der Waals surface area contributed by atoms with Crippen LogP contribution in [0.15, 0.2) is 0 Å². The highest BCUT2D eigenvalue weighted by Gasteiger charge is 2.33. The summed E-state index contributed by atoms with van der Waals surface area (Å²) < 4.78 is 0. The van der Waals surface area contributed by atoms with Crippen LogP contribution in [0.25, 0.3) is 0 Å². The predicted octanol–water partition coefficient (Wildman–Crippen LogP) is -6.74. The van der Waals surface area contributed by atoms with Crippen molar-refractivity contribution < 1.29 is 48.6 Å². The SMILES string of the molecule is C[C@H](N)C(=O)N[C@@H](CCC(N)=O)C(=O)N[C@@H](CC(=O)O)C(=O)N[C@@H](CCCNC(=N)N)C(=O)N[C@@H](CO)C(=O)N[C@@H](C)C(N)=O. The van der Waals surface area contributed by atoms with E-state index in [9.17, 15) is 48.6 Å². The van der Waals surface area contributed by atoms with Crippen LogP contribution in [-0.4, -0.2) is 113 Å². The Morgan fingerprint density at radius 2 is 1.18 bits per heavy atom. The molecule has 17 N–H and O–H groups in total. The molecule has 7 amide bonds. The number of hydrogen-bond donors (Lipinski definition) is 13. The van der Waals surface area contributed by atoms with E-state index < -0.39 is 96.6 Å². The molecular formula is C24H43N11O10. The Hall–Kier alpha value is -5.05. The summed E-state index contributed by atoms with van der Waals surface area (Å²) in [5.41, 5.74) is 21.0. The Kier molecular flexibility index (Phi) is 17.8. The number of carbonyl (C=O) groups excluding carboxylic acids is 7. The van der Waals surface area contributed by atoms with Crippen molar-refractivity contribution in [2.75, 3.05) is 13.2 Å². The van der Waals surface area contributed by atoms with Crippen molar-refractivity contribution >= 4 is 53.3 Å². The lowest BCUT2D eigenvalue weighted by molar-refractivity contribution is -0.141. The van der Waals surface area contributed by atoms with Crippen LogP contribution in [0.4, 0.5) is 0 Å². The maximum absolute atomic E-state index is 13.2. The largest absolute Gasteiger partial charge is 0.481 e. The average Bonchev–Trinajstić information content (AvgIpc) is 2.93. The number of carbonyl (C=O) groups is 8. The molecule has 45 heavy (non-hydrogen) atoms. The second kappa shape index (κ2) is 20.0. The van der Waals surface area contributed by atoms with Crippen molar-refractivity contribution in [1.82, 2.24) is 31.9 Å². The summed E-state index contributed by atoms with van der Waals surface area (Å²) in [6.45, 7) is 1.72. The first-order chi connectivity index (χ1) is 20.9. The standard InChI is InChI=1S/C24H43N11O10/c1-10(25)19(41)32-13(5-6-16(26)37)21(43)34-14(8-17(38)39)22(44)33-12(4-3-7-30-24(28)29)20(42)35-15(9-36)23(45)31-11(2)18(27)40/h10-15,36H,3-9,25H2,1-2H3,(H2,26,37)(H2,27,40)(H,31,45)(H,32,41)(H,33,44)(H,34,43)(H,35,42)(H,38,39)(H4,28,29,30)/t10-,11-,12-,13-,14-,15-/m0/s1. The van der Waals surface area contributed by atoms with Crippen molar-refractivity contribution in [3.63, 3.8) is 0 Å². The molecule has 0 unspecified atom stereocenters. The van der Waals surface area contributed by atoms with E-state index in [0.717, 1.165) is 0 Å². The first kappa shape index (κ1) is 39.9. The van der Waals surface area contributed by atoms with Crippen molar-refractivity contribution in [3.8, 4) is 0 Å². The lowest BCUT2D eigenvalue weighted by Gasteiger charge is -2.26. The second-order valence-corrected chi connectivity index (χ2v) is 9.93. The van der Waals surface area contributed by atoms with Crippen molar-refractivity contribution in [2.45, 2.75) is 82.2 Å². The summed E-state index contributed by atoms with van der Waals surface area (Å²) in [6, 6.07) is -8.54. The van der Waals surface area contributed by atoms with Crippen LogP contribution >= 0.6 is 0 Å². The number of aliphatic carboxylic acids is 1. The van der Waals surface area contributed by atoms with Gasteiger partial charge in [0.2, 0.25) is 41.4 Å². The van der Waals surface area contributed by atoms with Crippen molar-refractivity contribution in [2.24, 2.45) is 22.9 Å². The fourth-order valence-corrected chi connectivity index (χ4v) is 3.44. The van der Waals surface area contributed by atoms with Crippen LogP contribution in [0.2, 0.25) is 0 Å². The molecule has 6 atom stereocenters. The molecule has 0 saturated carbocycles. The molecule has 0 aromatic rings. The molecule has 21 nitrogen and oxygen atoms in total. The fourth-order valence-electron chi connectivity index (χ4n) is 3.44. The van der Waals surface area contributed by atoms with Gasteiger partial charge >= 0.3 is 5.97 Å². The molecule has 0 aliphatic rings. The summed E-state index contributed by atoms with van der Waals surface area (Å²) >= 11 is 0. The zero-order chi connectivity index (χ0) is 34.9. The molecular weight excluding hydrogens is 602 g/mol. The highest BCUT2D eigenvalue weighted by atomic mass is 16.4. The van der Waals surface area contributed by atoms with E-state index >= 15 is 0 Å². The molecule has 0 spiro atoms. The summed E-state index contributed by atoms with van der Waals surface area (Å²) in [5.74, 6) is -8.62. The first-order valence-corrected chi connectivity index (χ1v) is 13.6. The first-order valence-electron chi connectivity index (χ1n) is 13.6. The van der Waals surface area contributed by atoms with Gasteiger partial charge in [0.15, 0.2) is 5.96 Å². The van der Waals surface area contributed by atoms with E-state index in [1.165, 1.54) is 13.8 Å². The van der Waals surface area contributed by atoms with Gasteiger partial charge in [-0.15, -0.1) is 0 Å². The molecule has 21 heteroatoms. The number of rotatable bonds is 21. The van der Waals surface area contributed by atoms with Crippen LogP contribution in [0, 0.1) is 5.41 Å². The van der Waals surface area contributed by atoms with Crippen LogP contribution < -0.4 is 54.8 Å². The minimum absolute atomic E-state index is 0.0606. The van der Waals surface area contributed by atoms with Crippen LogP contribution in [0.3, 0.4) is 0 Å².